The molecular formula is C44H31N3O. The third-order valence-corrected chi connectivity index (χ3v) is 10.2. The first-order chi connectivity index (χ1) is 23.8. The van der Waals surface area contributed by atoms with Gasteiger partial charge in [0.2, 0.25) is 0 Å². The van der Waals surface area contributed by atoms with Crippen LogP contribution in [0.15, 0.2) is 168 Å². The van der Waals surface area contributed by atoms with Crippen molar-refractivity contribution < 1.29 is 4.74 Å². The smallest absolute Gasteiger partial charge is 0.133 e. The maximum atomic E-state index is 6.54. The molecule has 48 heavy (non-hydrogen) atoms. The molecule has 1 spiro atoms. The van der Waals surface area contributed by atoms with Crippen molar-refractivity contribution in [1.29, 1.82) is 0 Å². The minimum absolute atomic E-state index is 0.0752. The number of aliphatic imine (C=N–C) groups is 1. The molecular weight excluding hydrogens is 587 g/mol. The Morgan fingerprint density at radius 3 is 2.17 bits per heavy atom. The van der Waals surface area contributed by atoms with Crippen LogP contribution in [-0.2, 0) is 5.41 Å². The van der Waals surface area contributed by atoms with E-state index in [4.69, 9.17) is 9.73 Å². The van der Waals surface area contributed by atoms with Gasteiger partial charge in [0.1, 0.15) is 23.4 Å². The molecule has 2 N–H and O–H groups in total. The summed E-state index contributed by atoms with van der Waals surface area (Å²) in [5, 5.41) is 7.38. The van der Waals surface area contributed by atoms with Gasteiger partial charge in [-0.15, -0.1) is 0 Å². The van der Waals surface area contributed by atoms with Crippen molar-refractivity contribution in [1.82, 2.24) is 5.32 Å². The molecule has 4 aliphatic rings. The predicted octanol–water partition coefficient (Wildman–Crippen LogP) is 9.64. The summed E-state index contributed by atoms with van der Waals surface area (Å²) in [6.07, 6.45) is 4.55. The fraction of sp³-hybridized carbons (Fsp3) is 0.0682. The van der Waals surface area contributed by atoms with Crippen LogP contribution >= 0.6 is 0 Å². The Hall–Kier alpha value is -6.13. The van der Waals surface area contributed by atoms with Crippen LogP contribution in [0.5, 0.6) is 11.5 Å². The molecule has 6 aromatic carbocycles. The molecule has 0 radical (unpaired) electrons. The van der Waals surface area contributed by atoms with Crippen LogP contribution in [0.25, 0.3) is 16.8 Å². The molecule has 10 rings (SSSR count). The Labute approximate surface area is 279 Å². The Kier molecular flexibility index (Phi) is 5.88. The summed E-state index contributed by atoms with van der Waals surface area (Å²) in [5.74, 6) is 2.68. The van der Waals surface area contributed by atoms with Gasteiger partial charge in [-0.25, -0.2) is 0 Å². The lowest BCUT2D eigenvalue weighted by molar-refractivity contribution is 0.435. The van der Waals surface area contributed by atoms with E-state index < -0.39 is 5.41 Å². The van der Waals surface area contributed by atoms with Gasteiger partial charge in [-0.1, -0.05) is 127 Å². The topological polar surface area (TPSA) is 45.7 Å². The fourth-order valence-electron chi connectivity index (χ4n) is 8.13. The highest BCUT2D eigenvalue weighted by Gasteiger charge is 2.52. The number of amidine groups is 1. The molecule has 0 bridgehead atoms. The highest BCUT2D eigenvalue weighted by Crippen LogP contribution is 2.61. The molecule has 1 atom stereocenters. The van der Waals surface area contributed by atoms with Crippen molar-refractivity contribution >= 4 is 17.2 Å². The second-order valence-electron chi connectivity index (χ2n) is 12.8. The van der Waals surface area contributed by atoms with Gasteiger partial charge in [0, 0.05) is 45.7 Å². The Balaban J connectivity index is 1.13. The van der Waals surface area contributed by atoms with Crippen molar-refractivity contribution in [3.8, 4) is 22.6 Å². The first kappa shape index (κ1) is 27.0. The first-order valence-corrected chi connectivity index (χ1v) is 16.6. The average molecular weight is 618 g/mol. The fourth-order valence-corrected chi connectivity index (χ4v) is 8.13. The van der Waals surface area contributed by atoms with Crippen LogP contribution in [0.4, 0.5) is 5.69 Å². The van der Waals surface area contributed by atoms with Gasteiger partial charge < -0.3 is 15.4 Å². The highest BCUT2D eigenvalue weighted by atomic mass is 16.5. The lowest BCUT2D eigenvalue weighted by Crippen LogP contribution is -2.33. The number of hydrogen-bond acceptors (Lipinski definition) is 4. The average Bonchev–Trinajstić information content (AvgIpc) is 3.45. The van der Waals surface area contributed by atoms with Crippen LogP contribution in [0.3, 0.4) is 0 Å². The molecule has 0 amide bonds. The van der Waals surface area contributed by atoms with Crippen LogP contribution in [0.2, 0.25) is 0 Å². The first-order valence-electron chi connectivity index (χ1n) is 16.6. The summed E-state index contributed by atoms with van der Waals surface area (Å²) in [5.41, 5.74) is 13.6. The van der Waals surface area contributed by atoms with E-state index in [-0.39, 0.29) is 6.04 Å². The van der Waals surface area contributed by atoms with E-state index in [1.54, 1.807) is 0 Å². The van der Waals surface area contributed by atoms with Crippen LogP contribution < -0.4 is 15.4 Å². The number of nitrogens with one attached hydrogen (secondary N) is 2. The quantitative estimate of drug-likeness (QED) is 0.208. The zero-order chi connectivity index (χ0) is 31.7. The minimum Gasteiger partial charge on any atom is -0.457 e. The third kappa shape index (κ3) is 3.86. The van der Waals surface area contributed by atoms with E-state index >= 15 is 0 Å². The molecule has 1 unspecified atom stereocenters. The van der Waals surface area contributed by atoms with Crippen molar-refractivity contribution in [2.45, 2.75) is 11.5 Å². The summed E-state index contributed by atoms with van der Waals surface area (Å²) >= 11 is 0. The molecule has 6 aromatic rings. The van der Waals surface area contributed by atoms with Gasteiger partial charge in [-0.2, -0.15) is 0 Å². The number of ether oxygens (including phenoxy) is 1. The second-order valence-corrected chi connectivity index (χ2v) is 12.8. The van der Waals surface area contributed by atoms with Crippen LogP contribution in [0.1, 0.15) is 45.0 Å². The molecule has 0 saturated heterocycles. The molecule has 3 aliphatic heterocycles. The zero-order valence-electron chi connectivity index (χ0n) is 26.2. The number of para-hydroxylation sites is 3. The molecule has 4 heteroatoms. The van der Waals surface area contributed by atoms with Crippen LogP contribution in [-0.4, -0.2) is 12.4 Å². The SMILES string of the molecule is C1=CC2=C(NC1)c1ccc(-c3cccc(C4=NC(c5ccccc5)c5ccccc5N4)c3)cc1C21c2ccccc2Oc2ccccc21. The monoisotopic (exact) mass is 617 g/mol. The number of rotatable bonds is 3. The molecule has 4 nitrogen and oxygen atoms in total. The molecule has 0 saturated carbocycles. The number of nitrogens with zero attached hydrogens (tertiary/aromatic N) is 1. The standard InChI is InChI=1S/C44H31N3O/c1-2-12-28(13-3-1)41-33-16-4-7-20-38(33)46-43(47-41)31-15-10-14-29(26-31)30-23-24-32-37(27-30)44(36-19-11-25-45-42(32)36)34-17-5-8-21-39(34)48-40-22-9-6-18-35(40)44/h1-24,26-27,41,45H,25H2,(H,46,47). The van der Waals surface area contributed by atoms with Gasteiger partial charge in [0.05, 0.1) is 5.41 Å². The lowest BCUT2D eigenvalue weighted by Gasteiger charge is -2.40. The number of anilines is 1. The van der Waals surface area contributed by atoms with Gasteiger partial charge in [0.25, 0.3) is 0 Å². The summed E-state index contributed by atoms with van der Waals surface area (Å²) in [6, 6.07) is 51.7. The zero-order valence-corrected chi connectivity index (χ0v) is 26.2. The number of fused-ring (bicyclic) bond motifs is 9. The molecule has 3 heterocycles. The predicted molar refractivity (Wildman–Crippen MR) is 194 cm³/mol. The normalized spacial score (nSPS) is 17.5. The van der Waals surface area contributed by atoms with Gasteiger partial charge >= 0.3 is 0 Å². The van der Waals surface area contributed by atoms with E-state index in [1.807, 2.05) is 0 Å². The third-order valence-electron chi connectivity index (χ3n) is 10.2. The van der Waals surface area contributed by atoms with Crippen molar-refractivity contribution in [3.63, 3.8) is 0 Å². The summed E-state index contributed by atoms with van der Waals surface area (Å²) < 4.78 is 6.54. The molecule has 228 valence electrons. The van der Waals surface area contributed by atoms with E-state index in [1.165, 1.54) is 44.7 Å². The van der Waals surface area contributed by atoms with Crippen molar-refractivity contribution in [2.75, 3.05) is 11.9 Å². The highest BCUT2D eigenvalue weighted by molar-refractivity contribution is 6.10. The Morgan fingerprint density at radius 2 is 1.33 bits per heavy atom. The van der Waals surface area contributed by atoms with E-state index in [9.17, 15) is 0 Å². The summed E-state index contributed by atoms with van der Waals surface area (Å²) in [6.45, 7) is 0.806. The molecule has 0 fully saturated rings. The maximum absolute atomic E-state index is 6.54. The number of allylic oxidation sites excluding steroid dienone is 2. The van der Waals surface area contributed by atoms with Gasteiger partial charge in [-0.05, 0) is 58.2 Å². The number of dihydropyridines is 1. The maximum Gasteiger partial charge on any atom is 0.133 e. The Bertz CT molecular complexity index is 2320. The van der Waals surface area contributed by atoms with Crippen LogP contribution in [0, 0.1) is 0 Å². The summed E-state index contributed by atoms with van der Waals surface area (Å²) in [7, 11) is 0. The number of hydrogen-bond donors (Lipinski definition) is 2. The van der Waals surface area contributed by atoms with Crippen molar-refractivity contribution in [3.05, 3.63) is 202 Å². The van der Waals surface area contributed by atoms with Gasteiger partial charge in [-0.3, -0.25) is 4.99 Å². The second kappa shape index (κ2) is 10.4. The minimum atomic E-state index is -0.505. The number of benzene rings is 6. The largest absolute Gasteiger partial charge is 0.457 e. The van der Waals surface area contributed by atoms with Crippen molar-refractivity contribution in [2.24, 2.45) is 4.99 Å². The molecule has 1 aliphatic carbocycles. The van der Waals surface area contributed by atoms with E-state index in [0.29, 0.717) is 0 Å². The van der Waals surface area contributed by atoms with E-state index in [0.717, 1.165) is 46.3 Å². The summed E-state index contributed by atoms with van der Waals surface area (Å²) in [4.78, 5) is 5.29. The van der Waals surface area contributed by atoms with Gasteiger partial charge in [0.15, 0.2) is 0 Å². The van der Waals surface area contributed by atoms with E-state index in [2.05, 4.69) is 168 Å². The molecule has 0 aromatic heterocycles. The Morgan fingerprint density at radius 1 is 0.625 bits per heavy atom. The lowest BCUT2D eigenvalue weighted by atomic mass is 9.65.